The molecule has 0 aromatic carbocycles. The molecular formula is C11H19N5O. The molecule has 2 rings (SSSR count). The van der Waals surface area contributed by atoms with Gasteiger partial charge in [-0.05, 0) is 33.6 Å². The molecule has 0 bridgehead atoms. The molecule has 1 heterocycles. The number of aromatic nitrogens is 3. The molecule has 1 aromatic rings. The molecule has 0 spiro atoms. The van der Waals surface area contributed by atoms with Gasteiger partial charge in [-0.3, -0.25) is 4.79 Å². The van der Waals surface area contributed by atoms with E-state index < -0.39 is 5.54 Å². The Balaban J connectivity index is 2.05. The monoisotopic (exact) mass is 237 g/mol. The van der Waals surface area contributed by atoms with Crippen LogP contribution >= 0.6 is 0 Å². The lowest BCUT2D eigenvalue weighted by molar-refractivity contribution is -0.124. The van der Waals surface area contributed by atoms with Crippen molar-refractivity contribution in [2.24, 2.45) is 5.73 Å². The largest absolute Gasteiger partial charge is 0.352 e. The molecule has 3 N–H and O–H groups in total. The summed E-state index contributed by atoms with van der Waals surface area (Å²) in [5, 5.41) is 10.9. The van der Waals surface area contributed by atoms with Crippen molar-refractivity contribution >= 4 is 5.91 Å². The van der Waals surface area contributed by atoms with Crippen LogP contribution in [0.4, 0.5) is 0 Å². The van der Waals surface area contributed by atoms with Crippen molar-refractivity contribution in [2.75, 3.05) is 0 Å². The van der Waals surface area contributed by atoms with Crippen LogP contribution in [0.15, 0.2) is 6.20 Å². The smallest absolute Gasteiger partial charge is 0.244 e. The Bertz CT molecular complexity index is 416. The Kier molecular flexibility index (Phi) is 2.91. The molecule has 1 aromatic heterocycles. The molecule has 1 aliphatic rings. The van der Waals surface area contributed by atoms with Crippen LogP contribution in [-0.2, 0) is 10.3 Å². The summed E-state index contributed by atoms with van der Waals surface area (Å²) >= 11 is 0. The van der Waals surface area contributed by atoms with Gasteiger partial charge < -0.3 is 11.1 Å². The van der Waals surface area contributed by atoms with Crippen molar-refractivity contribution in [3.63, 3.8) is 0 Å². The number of amides is 1. The first kappa shape index (κ1) is 12.0. The van der Waals surface area contributed by atoms with Crippen molar-refractivity contribution in [1.29, 1.82) is 0 Å². The zero-order valence-corrected chi connectivity index (χ0v) is 10.5. The second kappa shape index (κ2) is 4.10. The van der Waals surface area contributed by atoms with Crippen LogP contribution < -0.4 is 11.1 Å². The summed E-state index contributed by atoms with van der Waals surface area (Å²) in [5.74, 6) is -0.0150. The fourth-order valence-corrected chi connectivity index (χ4v) is 1.43. The van der Waals surface area contributed by atoms with Crippen molar-refractivity contribution in [1.82, 2.24) is 20.3 Å². The first-order chi connectivity index (χ1) is 7.88. The van der Waals surface area contributed by atoms with Gasteiger partial charge in [-0.2, -0.15) is 0 Å². The molecule has 0 radical (unpaired) electrons. The van der Waals surface area contributed by atoms with Crippen LogP contribution in [0, 0.1) is 0 Å². The average Bonchev–Trinajstić information content (AvgIpc) is 2.89. The summed E-state index contributed by atoms with van der Waals surface area (Å²) < 4.78 is 1.56. The number of nitrogens with zero attached hydrogens (tertiary/aromatic N) is 3. The van der Waals surface area contributed by atoms with Crippen molar-refractivity contribution in [3.05, 3.63) is 11.9 Å². The van der Waals surface area contributed by atoms with Gasteiger partial charge in [0.1, 0.15) is 11.7 Å². The van der Waals surface area contributed by atoms with Crippen LogP contribution in [0.25, 0.3) is 0 Å². The molecule has 94 valence electrons. The fraction of sp³-hybridized carbons (Fsp3) is 0.727. The third kappa shape index (κ3) is 2.82. The summed E-state index contributed by atoms with van der Waals surface area (Å²) in [6, 6.07) is 0.0121. The minimum Gasteiger partial charge on any atom is -0.352 e. The Morgan fingerprint density at radius 1 is 1.65 bits per heavy atom. The maximum atomic E-state index is 11.8. The second-order valence-corrected chi connectivity index (χ2v) is 5.26. The maximum Gasteiger partial charge on any atom is 0.244 e. The van der Waals surface area contributed by atoms with Crippen LogP contribution in [0.5, 0.6) is 0 Å². The first-order valence-corrected chi connectivity index (χ1v) is 5.89. The average molecular weight is 237 g/mol. The molecule has 1 atom stereocenters. The van der Waals surface area contributed by atoms with Gasteiger partial charge in [0.25, 0.3) is 0 Å². The number of carbonyl (C=O) groups is 1. The second-order valence-electron chi connectivity index (χ2n) is 5.26. The molecule has 1 aliphatic carbocycles. The van der Waals surface area contributed by atoms with Gasteiger partial charge in [-0.25, -0.2) is 4.68 Å². The standard InChI is InChI=1S/C11H19N5O/c1-7(10(17)13-8-4-5-8)16-6-9(14-15-16)11(2,3)12/h6-8H,4-5,12H2,1-3H3,(H,13,17). The Morgan fingerprint density at radius 3 is 2.76 bits per heavy atom. The topological polar surface area (TPSA) is 85.8 Å². The van der Waals surface area contributed by atoms with Crippen LogP contribution in [0.3, 0.4) is 0 Å². The van der Waals surface area contributed by atoms with E-state index in [9.17, 15) is 4.79 Å². The Labute approximate surface area is 101 Å². The van der Waals surface area contributed by atoms with Gasteiger partial charge in [0.05, 0.1) is 11.7 Å². The highest BCUT2D eigenvalue weighted by atomic mass is 16.2. The zero-order valence-electron chi connectivity index (χ0n) is 10.5. The van der Waals surface area contributed by atoms with E-state index in [1.807, 2.05) is 13.8 Å². The van der Waals surface area contributed by atoms with Crippen molar-refractivity contribution < 1.29 is 4.79 Å². The van der Waals surface area contributed by atoms with E-state index in [0.717, 1.165) is 12.8 Å². The number of rotatable bonds is 4. The molecule has 0 saturated heterocycles. The molecule has 17 heavy (non-hydrogen) atoms. The highest BCUT2D eigenvalue weighted by Gasteiger charge is 2.27. The molecule has 1 fully saturated rings. The molecular weight excluding hydrogens is 218 g/mol. The molecule has 1 unspecified atom stereocenters. The van der Waals surface area contributed by atoms with Gasteiger partial charge in [-0.1, -0.05) is 5.21 Å². The zero-order chi connectivity index (χ0) is 12.6. The number of nitrogens with two attached hydrogens (primary N) is 1. The van der Waals surface area contributed by atoms with E-state index >= 15 is 0 Å². The van der Waals surface area contributed by atoms with E-state index in [-0.39, 0.29) is 11.9 Å². The maximum absolute atomic E-state index is 11.8. The summed E-state index contributed by atoms with van der Waals surface area (Å²) in [6.45, 7) is 5.52. The number of hydrogen-bond acceptors (Lipinski definition) is 4. The van der Waals surface area contributed by atoms with Gasteiger partial charge in [-0.15, -0.1) is 5.10 Å². The van der Waals surface area contributed by atoms with Gasteiger partial charge in [0.15, 0.2) is 0 Å². The van der Waals surface area contributed by atoms with E-state index in [1.54, 1.807) is 17.8 Å². The molecule has 6 heteroatoms. The third-order valence-electron chi connectivity index (χ3n) is 2.87. The van der Waals surface area contributed by atoms with Gasteiger partial charge >= 0.3 is 0 Å². The van der Waals surface area contributed by atoms with Crippen molar-refractivity contribution in [3.8, 4) is 0 Å². The lowest BCUT2D eigenvalue weighted by atomic mass is 10.0. The van der Waals surface area contributed by atoms with Crippen molar-refractivity contribution in [2.45, 2.75) is 51.2 Å². The van der Waals surface area contributed by atoms with E-state index in [4.69, 9.17) is 5.73 Å². The Morgan fingerprint density at radius 2 is 2.29 bits per heavy atom. The first-order valence-electron chi connectivity index (χ1n) is 5.89. The normalized spacial score (nSPS) is 17.9. The summed E-state index contributed by atoms with van der Waals surface area (Å²) in [7, 11) is 0. The number of nitrogens with one attached hydrogen (secondary N) is 1. The predicted molar refractivity (Wildman–Crippen MR) is 63.1 cm³/mol. The Hall–Kier alpha value is -1.43. The lowest BCUT2D eigenvalue weighted by Gasteiger charge is -2.14. The van der Waals surface area contributed by atoms with Crippen LogP contribution in [0.1, 0.15) is 45.3 Å². The lowest BCUT2D eigenvalue weighted by Crippen LogP contribution is -2.33. The van der Waals surface area contributed by atoms with E-state index in [2.05, 4.69) is 15.6 Å². The van der Waals surface area contributed by atoms with Crippen LogP contribution in [-0.4, -0.2) is 26.9 Å². The summed E-state index contributed by atoms with van der Waals surface area (Å²) in [6.07, 6.45) is 3.89. The van der Waals surface area contributed by atoms with Gasteiger partial charge in [0, 0.05) is 6.04 Å². The van der Waals surface area contributed by atoms with Crippen LogP contribution in [0.2, 0.25) is 0 Å². The minimum absolute atomic E-state index is 0.0150. The molecule has 1 amide bonds. The van der Waals surface area contributed by atoms with E-state index in [0.29, 0.717) is 11.7 Å². The van der Waals surface area contributed by atoms with E-state index in [1.165, 1.54) is 0 Å². The highest BCUT2D eigenvalue weighted by Crippen LogP contribution is 2.20. The summed E-state index contributed by atoms with van der Waals surface area (Å²) in [4.78, 5) is 11.8. The quantitative estimate of drug-likeness (QED) is 0.789. The SMILES string of the molecule is CC(C(=O)NC1CC1)n1cc(C(C)(C)N)nn1. The third-order valence-corrected chi connectivity index (χ3v) is 2.87. The van der Waals surface area contributed by atoms with Gasteiger partial charge in [0.2, 0.25) is 5.91 Å². The molecule has 0 aliphatic heterocycles. The number of hydrogen-bond donors (Lipinski definition) is 2. The number of carbonyl (C=O) groups excluding carboxylic acids is 1. The minimum atomic E-state index is -0.537. The molecule has 1 saturated carbocycles. The molecule has 6 nitrogen and oxygen atoms in total. The fourth-order valence-electron chi connectivity index (χ4n) is 1.43. The summed E-state index contributed by atoms with van der Waals surface area (Å²) in [5.41, 5.74) is 6.07. The highest BCUT2D eigenvalue weighted by molar-refractivity contribution is 5.80. The predicted octanol–water partition coefficient (Wildman–Crippen LogP) is 0.312.